The van der Waals surface area contributed by atoms with E-state index in [4.69, 9.17) is 10.3 Å². The first-order chi connectivity index (χ1) is 18.6. The summed E-state index contributed by atoms with van der Waals surface area (Å²) in [5.41, 5.74) is 6.86. The number of imidazole rings is 1. The molecule has 4 heterocycles. The number of halogens is 3. The zero-order valence-corrected chi connectivity index (χ0v) is 21.2. The van der Waals surface area contributed by atoms with Gasteiger partial charge in [-0.25, -0.2) is 9.67 Å². The Labute approximate surface area is 220 Å². The molecule has 3 aromatic heterocycles. The van der Waals surface area contributed by atoms with E-state index in [1.807, 2.05) is 37.3 Å². The van der Waals surface area contributed by atoms with Gasteiger partial charge in [0.2, 0.25) is 0 Å². The first-order valence-corrected chi connectivity index (χ1v) is 12.3. The molecule has 10 nitrogen and oxygen atoms in total. The first kappa shape index (κ1) is 24.9. The summed E-state index contributed by atoms with van der Waals surface area (Å²) in [6.07, 6.45) is 4.17. The van der Waals surface area contributed by atoms with E-state index in [-0.39, 0.29) is 23.2 Å². The van der Waals surface area contributed by atoms with Crippen LogP contribution in [-0.4, -0.2) is 60.8 Å². The molecule has 2 aliphatic rings. The van der Waals surface area contributed by atoms with E-state index >= 15 is 0 Å². The molecule has 0 radical (unpaired) electrons. The van der Waals surface area contributed by atoms with Gasteiger partial charge >= 0.3 is 6.18 Å². The number of carbonyl (C=O) groups excluding carboxylic acids is 1. The van der Waals surface area contributed by atoms with Crippen molar-refractivity contribution < 1.29 is 22.5 Å². The fraction of sp³-hybridized carbons (Fsp3) is 0.308. The zero-order chi connectivity index (χ0) is 27.5. The Morgan fingerprint density at radius 3 is 2.85 bits per heavy atom. The molecule has 13 heteroatoms. The summed E-state index contributed by atoms with van der Waals surface area (Å²) < 4.78 is 49.3. The molecule has 1 aliphatic carbocycles. The van der Waals surface area contributed by atoms with Crippen molar-refractivity contribution in [3.05, 3.63) is 77.3 Å². The molecular formula is C26H25F3N8O2. The number of amides is 1. The number of allylic oxidation sites excluding steroid dienone is 2. The number of rotatable bonds is 5. The molecule has 4 aromatic rings. The maximum absolute atomic E-state index is 13.8. The molecular weight excluding hydrogens is 513 g/mol. The molecule has 0 spiro atoms. The lowest BCUT2D eigenvalue weighted by Gasteiger charge is -2.25. The minimum absolute atomic E-state index is 0.0411. The number of aromatic nitrogens is 5. The van der Waals surface area contributed by atoms with Crippen molar-refractivity contribution in [2.45, 2.75) is 31.6 Å². The van der Waals surface area contributed by atoms with Crippen molar-refractivity contribution in [1.82, 2.24) is 34.3 Å². The smallest absolute Gasteiger partial charge is 0.380 e. The SMILES string of the molecule is CN(C)Cc1nccn1C1C=CC2=C(CCN2C(=O)c2cc(C(F)(F)F)nn2-c2ccc3onc(N)c3c2)C1. The summed E-state index contributed by atoms with van der Waals surface area (Å²) in [5, 5.41) is 7.85. The van der Waals surface area contributed by atoms with Gasteiger partial charge in [0, 0.05) is 30.7 Å². The van der Waals surface area contributed by atoms with Gasteiger partial charge in [0.15, 0.2) is 17.1 Å². The zero-order valence-electron chi connectivity index (χ0n) is 21.2. The first-order valence-electron chi connectivity index (χ1n) is 12.3. The second kappa shape index (κ2) is 9.12. The summed E-state index contributed by atoms with van der Waals surface area (Å²) in [4.78, 5) is 21.8. The van der Waals surface area contributed by atoms with E-state index in [1.165, 1.54) is 23.1 Å². The number of alkyl halides is 3. The number of hydrogen-bond acceptors (Lipinski definition) is 7. The van der Waals surface area contributed by atoms with Crippen LogP contribution in [0.3, 0.4) is 0 Å². The quantitative estimate of drug-likeness (QED) is 0.406. The van der Waals surface area contributed by atoms with Crippen LogP contribution in [-0.2, 0) is 12.7 Å². The van der Waals surface area contributed by atoms with Gasteiger partial charge in [0.25, 0.3) is 5.91 Å². The summed E-state index contributed by atoms with van der Waals surface area (Å²) in [7, 11) is 3.95. The van der Waals surface area contributed by atoms with E-state index in [2.05, 4.69) is 19.8 Å². The monoisotopic (exact) mass is 538 g/mol. The number of hydrogen-bond donors (Lipinski definition) is 1. The van der Waals surface area contributed by atoms with Crippen LogP contribution in [0.1, 0.15) is 40.9 Å². The Balaban J connectivity index is 1.33. The largest absolute Gasteiger partial charge is 0.435 e. The minimum Gasteiger partial charge on any atom is -0.380 e. The third-order valence-electron chi connectivity index (χ3n) is 6.98. The number of nitrogens with zero attached hydrogens (tertiary/aromatic N) is 7. The molecule has 39 heavy (non-hydrogen) atoms. The molecule has 2 N–H and O–H groups in total. The molecule has 202 valence electrons. The summed E-state index contributed by atoms with van der Waals surface area (Å²) >= 11 is 0. The van der Waals surface area contributed by atoms with E-state index in [9.17, 15) is 18.0 Å². The molecule has 1 amide bonds. The summed E-state index contributed by atoms with van der Waals surface area (Å²) in [6.45, 7) is 1.05. The maximum atomic E-state index is 13.8. The predicted molar refractivity (Wildman–Crippen MR) is 136 cm³/mol. The lowest BCUT2D eigenvalue weighted by molar-refractivity contribution is -0.141. The van der Waals surface area contributed by atoms with Crippen LogP contribution in [0.25, 0.3) is 16.7 Å². The van der Waals surface area contributed by atoms with E-state index in [1.54, 1.807) is 6.20 Å². The molecule has 6 rings (SSSR count). The molecule has 1 aliphatic heterocycles. The fourth-order valence-corrected chi connectivity index (χ4v) is 5.16. The topological polar surface area (TPSA) is 111 Å². The molecule has 0 saturated carbocycles. The van der Waals surface area contributed by atoms with Crippen molar-refractivity contribution >= 4 is 22.7 Å². The van der Waals surface area contributed by atoms with Gasteiger partial charge in [0.1, 0.15) is 11.5 Å². The Bertz CT molecular complexity index is 1640. The van der Waals surface area contributed by atoms with Crippen LogP contribution in [0, 0.1) is 0 Å². The Kier molecular flexibility index (Phi) is 5.83. The number of fused-ring (bicyclic) bond motifs is 1. The number of benzene rings is 1. The standard InChI is InChI=1S/C26H25F3N8O2/c1-34(2)14-23-31-8-10-35(23)16-3-5-19-15(11-16)7-9-36(19)25(38)20-13-22(26(27,28)29)32-37(20)17-4-6-21-18(12-17)24(30)33-39-21/h3-6,8,10,12-13,16H,7,9,11,14H2,1-2H3,(H2,30,33). The number of carbonyl (C=O) groups is 1. The van der Waals surface area contributed by atoms with Crippen LogP contribution in [0.2, 0.25) is 0 Å². The lowest BCUT2D eigenvalue weighted by Crippen LogP contribution is -2.29. The van der Waals surface area contributed by atoms with Gasteiger partial charge in [-0.2, -0.15) is 18.3 Å². The minimum atomic E-state index is -4.73. The van der Waals surface area contributed by atoms with Gasteiger partial charge < -0.3 is 24.6 Å². The van der Waals surface area contributed by atoms with Crippen molar-refractivity contribution in [1.29, 1.82) is 0 Å². The van der Waals surface area contributed by atoms with E-state index in [0.717, 1.165) is 22.1 Å². The highest BCUT2D eigenvalue weighted by atomic mass is 19.4. The highest BCUT2D eigenvalue weighted by Gasteiger charge is 2.38. The Morgan fingerprint density at radius 2 is 2.08 bits per heavy atom. The average Bonchev–Trinajstić information content (AvgIpc) is 3.68. The van der Waals surface area contributed by atoms with Crippen LogP contribution in [0.4, 0.5) is 19.0 Å². The molecule has 0 fully saturated rings. The summed E-state index contributed by atoms with van der Waals surface area (Å²) in [5.74, 6) is 0.449. The van der Waals surface area contributed by atoms with Crippen LogP contribution in [0.15, 0.2) is 64.6 Å². The molecule has 1 aromatic carbocycles. The van der Waals surface area contributed by atoms with Crippen molar-refractivity contribution in [2.75, 3.05) is 26.4 Å². The van der Waals surface area contributed by atoms with Gasteiger partial charge in [-0.15, -0.1) is 0 Å². The van der Waals surface area contributed by atoms with Crippen molar-refractivity contribution in [3.63, 3.8) is 0 Å². The number of nitrogens with two attached hydrogens (primary N) is 1. The van der Waals surface area contributed by atoms with Crippen LogP contribution < -0.4 is 5.73 Å². The summed E-state index contributed by atoms with van der Waals surface area (Å²) in [6, 6.07) is 5.36. The normalized spacial score (nSPS) is 17.6. The third kappa shape index (κ3) is 4.38. The van der Waals surface area contributed by atoms with Gasteiger partial charge in [-0.05, 0) is 56.8 Å². The maximum Gasteiger partial charge on any atom is 0.435 e. The fourth-order valence-electron chi connectivity index (χ4n) is 5.16. The Hall–Kier alpha value is -4.39. The second-order valence-electron chi connectivity index (χ2n) is 9.89. The molecule has 1 unspecified atom stereocenters. The number of anilines is 1. The third-order valence-corrected chi connectivity index (χ3v) is 6.98. The molecule has 0 bridgehead atoms. The lowest BCUT2D eigenvalue weighted by atomic mass is 9.97. The van der Waals surface area contributed by atoms with Crippen LogP contribution in [0.5, 0.6) is 0 Å². The molecule has 1 atom stereocenters. The Morgan fingerprint density at radius 1 is 1.26 bits per heavy atom. The van der Waals surface area contributed by atoms with Crippen molar-refractivity contribution in [3.8, 4) is 5.69 Å². The average molecular weight is 539 g/mol. The molecule has 0 saturated heterocycles. The van der Waals surface area contributed by atoms with Crippen molar-refractivity contribution in [2.24, 2.45) is 0 Å². The highest BCUT2D eigenvalue weighted by Crippen LogP contribution is 2.38. The van der Waals surface area contributed by atoms with Gasteiger partial charge in [0.05, 0.1) is 23.7 Å². The van der Waals surface area contributed by atoms with E-state index < -0.39 is 17.8 Å². The number of nitrogen functional groups attached to an aromatic ring is 1. The predicted octanol–water partition coefficient (Wildman–Crippen LogP) is 4.17. The van der Waals surface area contributed by atoms with E-state index in [0.29, 0.717) is 42.6 Å². The van der Waals surface area contributed by atoms with Gasteiger partial charge in [-0.3, -0.25) is 4.79 Å². The highest BCUT2D eigenvalue weighted by molar-refractivity contribution is 5.96. The van der Waals surface area contributed by atoms with Gasteiger partial charge in [-0.1, -0.05) is 11.2 Å². The van der Waals surface area contributed by atoms with Crippen LogP contribution >= 0.6 is 0 Å². The second-order valence-corrected chi connectivity index (χ2v) is 9.89.